The number of methoxy groups -OCH3 is 1. The van der Waals surface area contributed by atoms with Crippen LogP contribution in [0.15, 0.2) is 45.4 Å². The Morgan fingerprint density at radius 3 is 2.89 bits per heavy atom. The van der Waals surface area contributed by atoms with Gasteiger partial charge in [0.05, 0.1) is 19.4 Å². The largest absolute Gasteiger partial charge is 0.497 e. The van der Waals surface area contributed by atoms with Crippen LogP contribution in [0.1, 0.15) is 46.3 Å². The molecule has 36 heavy (non-hydrogen) atoms. The van der Waals surface area contributed by atoms with Crippen molar-refractivity contribution in [3.63, 3.8) is 0 Å². The highest BCUT2D eigenvalue weighted by Crippen LogP contribution is 2.36. The van der Waals surface area contributed by atoms with Gasteiger partial charge < -0.3 is 19.4 Å². The Morgan fingerprint density at radius 1 is 1.33 bits per heavy atom. The smallest absolute Gasteiger partial charge is 0.322 e. The molecule has 4 amide bonds. The first-order valence-electron chi connectivity index (χ1n) is 11.2. The minimum absolute atomic E-state index is 0.111. The van der Waals surface area contributed by atoms with Crippen molar-refractivity contribution in [2.45, 2.75) is 25.4 Å². The van der Waals surface area contributed by atoms with Gasteiger partial charge in [0, 0.05) is 23.7 Å². The van der Waals surface area contributed by atoms with Gasteiger partial charge in [-0.3, -0.25) is 14.9 Å². The van der Waals surface area contributed by atoms with E-state index in [1.807, 2.05) is 25.1 Å². The number of hydrogen-bond acceptors (Lipinski definition) is 7. The number of rotatable bonds is 6. The van der Waals surface area contributed by atoms with Crippen molar-refractivity contribution in [2.24, 2.45) is 5.10 Å². The maximum Gasteiger partial charge on any atom is 0.322 e. The number of allylic oxidation sites excluding steroid dienone is 2. The number of nitrogens with zero attached hydrogens (tertiary/aromatic N) is 2. The van der Waals surface area contributed by atoms with Gasteiger partial charge in [0.15, 0.2) is 5.54 Å². The van der Waals surface area contributed by atoms with Crippen molar-refractivity contribution >= 4 is 35.7 Å². The summed E-state index contributed by atoms with van der Waals surface area (Å²) in [6, 6.07) is 8.56. The molecule has 0 unspecified atom stereocenters. The fourth-order valence-corrected chi connectivity index (χ4v) is 4.59. The molecule has 2 aliphatic heterocycles. The molecule has 3 N–H and O–H groups in total. The minimum Gasteiger partial charge on any atom is -0.497 e. The molecule has 0 radical (unpaired) electrons. The fourth-order valence-electron chi connectivity index (χ4n) is 4.59. The molecule has 182 valence electrons. The van der Waals surface area contributed by atoms with Gasteiger partial charge >= 0.3 is 6.03 Å². The molecule has 5 rings (SSSR count). The Morgan fingerprint density at radius 2 is 2.17 bits per heavy atom. The predicted octanol–water partition coefficient (Wildman–Crippen LogP) is 2.34. The third-order valence-electron chi connectivity index (χ3n) is 6.47. The van der Waals surface area contributed by atoms with E-state index in [4.69, 9.17) is 15.6 Å². The van der Waals surface area contributed by atoms with Crippen molar-refractivity contribution < 1.29 is 23.5 Å². The SMILES string of the molecule is C#CN/N=C(\C)C1=Cc2cc([C@]3(CN4Cc5ccc(OC)cc5C4=O)NC(=O)NC3=O)oc2C=CC1. The monoisotopic (exact) mass is 485 g/mol. The molecule has 1 aliphatic carbocycles. The Hall–Kier alpha value is -4.78. The predicted molar refractivity (Wildman–Crippen MR) is 132 cm³/mol. The number of ether oxygens (including phenoxy) is 1. The van der Waals surface area contributed by atoms with Crippen molar-refractivity contribution in [2.75, 3.05) is 13.7 Å². The number of carbonyl (C=O) groups is 3. The maximum atomic E-state index is 13.2. The van der Waals surface area contributed by atoms with Gasteiger partial charge in [0.25, 0.3) is 11.8 Å². The topological polar surface area (TPSA) is 125 Å². The van der Waals surface area contributed by atoms with Gasteiger partial charge in [-0.25, -0.2) is 10.2 Å². The lowest BCUT2D eigenvalue weighted by Gasteiger charge is -2.29. The highest BCUT2D eigenvalue weighted by Gasteiger charge is 2.53. The first-order valence-corrected chi connectivity index (χ1v) is 11.2. The highest BCUT2D eigenvalue weighted by molar-refractivity contribution is 6.08. The summed E-state index contributed by atoms with van der Waals surface area (Å²) in [6.45, 7) is 2.00. The molecule has 10 nitrogen and oxygen atoms in total. The molecule has 0 saturated carbocycles. The van der Waals surface area contributed by atoms with Crippen LogP contribution in [0.25, 0.3) is 12.2 Å². The van der Waals surface area contributed by atoms with E-state index < -0.39 is 17.5 Å². The summed E-state index contributed by atoms with van der Waals surface area (Å²) in [7, 11) is 1.53. The van der Waals surface area contributed by atoms with E-state index in [2.05, 4.69) is 27.2 Å². The van der Waals surface area contributed by atoms with E-state index in [-0.39, 0.29) is 24.8 Å². The zero-order chi connectivity index (χ0) is 25.4. The van der Waals surface area contributed by atoms with Crippen molar-refractivity contribution in [1.82, 2.24) is 21.0 Å². The molecule has 1 fully saturated rings. The van der Waals surface area contributed by atoms with E-state index in [0.29, 0.717) is 34.8 Å². The molecule has 1 atom stereocenters. The molecular formula is C26H23N5O5. The Bertz CT molecular complexity index is 1430. The lowest BCUT2D eigenvalue weighted by molar-refractivity contribution is -0.125. The molecular weight excluding hydrogens is 462 g/mol. The number of terminal acetylenes is 1. The number of nitrogens with one attached hydrogen (secondary N) is 3. The van der Waals surface area contributed by atoms with Gasteiger partial charge in [-0.2, -0.15) is 5.10 Å². The summed E-state index contributed by atoms with van der Waals surface area (Å²) >= 11 is 0. The number of benzene rings is 1. The Balaban J connectivity index is 1.51. The van der Waals surface area contributed by atoms with Crippen LogP contribution in [0.4, 0.5) is 4.79 Å². The average molecular weight is 486 g/mol. The number of fused-ring (bicyclic) bond motifs is 2. The van der Waals surface area contributed by atoms with Crippen molar-refractivity contribution in [3.8, 4) is 18.2 Å². The summed E-state index contributed by atoms with van der Waals surface area (Å²) in [5, 5.41) is 9.13. The quantitative estimate of drug-likeness (QED) is 0.190. The third kappa shape index (κ3) is 3.80. The summed E-state index contributed by atoms with van der Waals surface area (Å²) in [4.78, 5) is 40.1. The molecule has 0 spiro atoms. The van der Waals surface area contributed by atoms with Gasteiger partial charge in [-0.05, 0) is 54.8 Å². The third-order valence-corrected chi connectivity index (χ3v) is 6.47. The molecule has 1 aromatic heterocycles. The van der Waals surface area contributed by atoms with Crippen LogP contribution in [-0.4, -0.2) is 42.1 Å². The Labute approximate surface area is 207 Å². The van der Waals surface area contributed by atoms with Gasteiger partial charge in [0.1, 0.15) is 17.3 Å². The van der Waals surface area contributed by atoms with E-state index in [0.717, 1.165) is 11.1 Å². The fraction of sp³-hybridized carbons (Fsp3) is 0.231. The molecule has 10 heteroatoms. The lowest BCUT2D eigenvalue weighted by Crippen LogP contribution is -2.52. The summed E-state index contributed by atoms with van der Waals surface area (Å²) in [5.41, 5.74) is 4.51. The van der Waals surface area contributed by atoms with Crippen LogP contribution in [-0.2, 0) is 16.9 Å². The molecule has 0 bridgehead atoms. The zero-order valence-electron chi connectivity index (χ0n) is 19.7. The van der Waals surface area contributed by atoms with Crippen molar-refractivity contribution in [1.29, 1.82) is 0 Å². The number of hydrazone groups is 1. The van der Waals surface area contributed by atoms with E-state index in [9.17, 15) is 14.4 Å². The van der Waals surface area contributed by atoms with Gasteiger partial charge in [0.2, 0.25) is 0 Å². The van der Waals surface area contributed by atoms with E-state index in [1.165, 1.54) is 12.0 Å². The number of hydrogen-bond donors (Lipinski definition) is 3. The first kappa shape index (κ1) is 23.0. The van der Waals surface area contributed by atoms with Crippen molar-refractivity contribution in [3.05, 3.63) is 64.1 Å². The lowest BCUT2D eigenvalue weighted by atomic mass is 9.94. The second-order valence-electron chi connectivity index (χ2n) is 8.66. The molecule has 1 saturated heterocycles. The first-order chi connectivity index (χ1) is 17.3. The number of imide groups is 1. The van der Waals surface area contributed by atoms with E-state index >= 15 is 0 Å². The average Bonchev–Trinajstić information content (AvgIpc) is 3.45. The Kier molecular flexibility index (Phi) is 5.60. The van der Waals surface area contributed by atoms with Gasteiger partial charge in [-0.1, -0.05) is 18.6 Å². The molecule has 2 aromatic rings. The normalized spacial score (nSPS) is 20.7. The standard InChI is InChI=1S/C26H23N5O5/c1-4-27-30-15(2)16-6-5-7-21-18(10-16)11-22(36-21)26(24(33)28-25(34)29-26)14-31-13-17-8-9-19(35-3)12-20(17)23(31)32/h1,5,7-12,27H,6,13-14H2,2-3H3,(H2,28,29,33,34)/b30-15+/t26-/m0/s1. The summed E-state index contributed by atoms with van der Waals surface area (Å²) in [6.07, 6.45) is 11.4. The van der Waals surface area contributed by atoms with Crippen LogP contribution in [0.5, 0.6) is 5.75 Å². The highest BCUT2D eigenvalue weighted by atomic mass is 16.5. The molecule has 3 heterocycles. The molecule has 1 aromatic carbocycles. The van der Waals surface area contributed by atoms with E-state index in [1.54, 1.807) is 24.3 Å². The second kappa shape index (κ2) is 8.78. The number of amides is 4. The minimum atomic E-state index is -1.60. The maximum absolute atomic E-state index is 13.2. The molecule has 3 aliphatic rings. The number of furan rings is 1. The van der Waals surface area contributed by atoms with Crippen LogP contribution in [0.2, 0.25) is 0 Å². The van der Waals surface area contributed by atoms with Gasteiger partial charge in [-0.15, -0.1) is 0 Å². The number of urea groups is 1. The van der Waals surface area contributed by atoms with Crippen LogP contribution < -0.4 is 20.8 Å². The zero-order valence-corrected chi connectivity index (χ0v) is 19.7. The number of carbonyl (C=O) groups excluding carboxylic acids is 3. The van der Waals surface area contributed by atoms with Crippen LogP contribution in [0.3, 0.4) is 0 Å². The van der Waals surface area contributed by atoms with Crippen LogP contribution in [0, 0.1) is 12.5 Å². The summed E-state index contributed by atoms with van der Waals surface area (Å²) < 4.78 is 11.3. The second-order valence-corrected chi connectivity index (χ2v) is 8.66. The van der Waals surface area contributed by atoms with Crippen LogP contribution >= 0.6 is 0 Å². The summed E-state index contributed by atoms with van der Waals surface area (Å²) in [5.74, 6) is 0.440.